The van der Waals surface area contributed by atoms with E-state index in [1.807, 2.05) is 0 Å². The van der Waals surface area contributed by atoms with E-state index in [-0.39, 0.29) is 5.54 Å². The minimum Gasteiger partial charge on any atom is -0.311 e. The van der Waals surface area contributed by atoms with Crippen molar-refractivity contribution < 1.29 is 0 Å². The van der Waals surface area contributed by atoms with Gasteiger partial charge < -0.3 is 10.2 Å². The van der Waals surface area contributed by atoms with Crippen LogP contribution in [0.1, 0.15) is 41.5 Å². The second-order valence-electron chi connectivity index (χ2n) is 5.64. The topological polar surface area (TPSA) is 15.3 Å². The Bertz CT molecular complexity index is 147. The van der Waals surface area contributed by atoms with Gasteiger partial charge in [0, 0.05) is 24.7 Å². The van der Waals surface area contributed by atoms with Crippen molar-refractivity contribution in [1.29, 1.82) is 0 Å². The predicted octanol–water partition coefficient (Wildman–Crippen LogP) is 2.35. The summed E-state index contributed by atoms with van der Waals surface area (Å²) < 4.78 is 0. The second-order valence-corrected chi connectivity index (χ2v) is 5.64. The zero-order valence-corrected chi connectivity index (χ0v) is 11.0. The van der Waals surface area contributed by atoms with Crippen LogP contribution in [0.3, 0.4) is 0 Å². The van der Waals surface area contributed by atoms with Gasteiger partial charge in [-0.1, -0.05) is 13.8 Å². The molecule has 0 rings (SSSR count). The van der Waals surface area contributed by atoms with E-state index in [0.29, 0.717) is 6.04 Å². The minimum absolute atomic E-state index is 0.238. The SMILES string of the molecule is CC(C)C(C)N(C)CCNC(C)(C)C. The average Bonchev–Trinajstić information content (AvgIpc) is 2.00. The molecule has 0 fully saturated rings. The molecular formula is C12H28N2. The van der Waals surface area contributed by atoms with E-state index in [4.69, 9.17) is 0 Å². The molecule has 2 nitrogen and oxygen atoms in total. The third-order valence-corrected chi connectivity index (χ3v) is 2.78. The van der Waals surface area contributed by atoms with Crippen LogP contribution in [0.5, 0.6) is 0 Å². The van der Waals surface area contributed by atoms with E-state index in [2.05, 4.69) is 58.8 Å². The van der Waals surface area contributed by atoms with Gasteiger partial charge in [0.1, 0.15) is 0 Å². The van der Waals surface area contributed by atoms with Gasteiger partial charge in [-0.25, -0.2) is 0 Å². The third-order valence-electron chi connectivity index (χ3n) is 2.78. The van der Waals surface area contributed by atoms with Crippen molar-refractivity contribution in [1.82, 2.24) is 10.2 Å². The van der Waals surface area contributed by atoms with Crippen molar-refractivity contribution in [3.05, 3.63) is 0 Å². The Morgan fingerprint density at radius 3 is 2.00 bits per heavy atom. The fourth-order valence-corrected chi connectivity index (χ4v) is 1.32. The van der Waals surface area contributed by atoms with E-state index >= 15 is 0 Å². The highest BCUT2D eigenvalue weighted by Gasteiger charge is 2.13. The summed E-state index contributed by atoms with van der Waals surface area (Å²) in [6, 6.07) is 0.664. The maximum atomic E-state index is 3.50. The molecule has 0 saturated carbocycles. The molecular weight excluding hydrogens is 172 g/mol. The Labute approximate surface area is 90.1 Å². The summed E-state index contributed by atoms with van der Waals surface area (Å²) in [4.78, 5) is 2.42. The van der Waals surface area contributed by atoms with Gasteiger partial charge in [0.15, 0.2) is 0 Å². The van der Waals surface area contributed by atoms with E-state index in [9.17, 15) is 0 Å². The molecule has 1 unspecified atom stereocenters. The lowest BCUT2D eigenvalue weighted by atomic mass is 10.1. The Morgan fingerprint density at radius 1 is 1.14 bits per heavy atom. The van der Waals surface area contributed by atoms with Crippen LogP contribution in [0, 0.1) is 5.92 Å². The molecule has 0 aliphatic carbocycles. The Kier molecular flexibility index (Phi) is 5.68. The van der Waals surface area contributed by atoms with Crippen LogP contribution in [0.2, 0.25) is 0 Å². The third kappa shape index (κ3) is 6.39. The molecule has 1 N–H and O–H groups in total. The maximum Gasteiger partial charge on any atom is 0.0107 e. The van der Waals surface area contributed by atoms with Crippen molar-refractivity contribution in [2.45, 2.75) is 53.1 Å². The maximum absolute atomic E-state index is 3.50. The summed E-state index contributed by atoms with van der Waals surface area (Å²) in [6.07, 6.45) is 0. The largest absolute Gasteiger partial charge is 0.311 e. The van der Waals surface area contributed by atoms with Gasteiger partial charge in [-0.15, -0.1) is 0 Å². The molecule has 0 amide bonds. The van der Waals surface area contributed by atoms with Gasteiger partial charge in [-0.05, 0) is 40.7 Å². The number of hydrogen-bond donors (Lipinski definition) is 1. The molecule has 0 heterocycles. The Balaban J connectivity index is 3.69. The molecule has 0 aliphatic heterocycles. The molecule has 14 heavy (non-hydrogen) atoms. The van der Waals surface area contributed by atoms with Gasteiger partial charge in [0.25, 0.3) is 0 Å². The summed E-state index contributed by atoms with van der Waals surface area (Å²) in [6.45, 7) is 15.7. The van der Waals surface area contributed by atoms with Gasteiger partial charge in [-0.3, -0.25) is 0 Å². The molecule has 0 radical (unpaired) electrons. The minimum atomic E-state index is 0.238. The van der Waals surface area contributed by atoms with Crippen molar-refractivity contribution in [2.24, 2.45) is 5.92 Å². The zero-order valence-electron chi connectivity index (χ0n) is 11.0. The van der Waals surface area contributed by atoms with Crippen LogP contribution < -0.4 is 5.32 Å². The monoisotopic (exact) mass is 200 g/mol. The molecule has 0 saturated heterocycles. The molecule has 0 aliphatic rings. The van der Waals surface area contributed by atoms with Crippen LogP contribution in [-0.4, -0.2) is 36.6 Å². The molecule has 2 heteroatoms. The van der Waals surface area contributed by atoms with Gasteiger partial charge in [0.2, 0.25) is 0 Å². The molecule has 1 atom stereocenters. The molecule has 0 aromatic heterocycles. The summed E-state index contributed by atoms with van der Waals surface area (Å²) in [7, 11) is 2.20. The first-order chi connectivity index (χ1) is 6.24. The van der Waals surface area contributed by atoms with E-state index in [0.717, 1.165) is 19.0 Å². The van der Waals surface area contributed by atoms with Crippen LogP contribution in [0.15, 0.2) is 0 Å². The van der Waals surface area contributed by atoms with Crippen molar-refractivity contribution >= 4 is 0 Å². The predicted molar refractivity (Wildman–Crippen MR) is 64.7 cm³/mol. The summed E-state index contributed by atoms with van der Waals surface area (Å²) in [5.41, 5.74) is 0.238. The molecule has 0 aromatic carbocycles. The lowest BCUT2D eigenvalue weighted by Crippen LogP contribution is -2.43. The normalized spacial score (nSPS) is 15.2. The van der Waals surface area contributed by atoms with Gasteiger partial charge in [-0.2, -0.15) is 0 Å². The molecule has 0 bridgehead atoms. The lowest BCUT2D eigenvalue weighted by Gasteiger charge is -2.29. The van der Waals surface area contributed by atoms with E-state index < -0.39 is 0 Å². The number of hydrogen-bond acceptors (Lipinski definition) is 2. The van der Waals surface area contributed by atoms with Crippen LogP contribution in [0.4, 0.5) is 0 Å². The zero-order chi connectivity index (χ0) is 11.4. The quantitative estimate of drug-likeness (QED) is 0.733. The standard InChI is InChI=1S/C12H28N2/c1-10(2)11(3)14(7)9-8-13-12(4,5)6/h10-11,13H,8-9H2,1-7H3. The fraction of sp³-hybridized carbons (Fsp3) is 1.00. The first kappa shape index (κ1) is 13.9. The van der Waals surface area contributed by atoms with E-state index in [1.165, 1.54) is 0 Å². The smallest absolute Gasteiger partial charge is 0.0107 e. The van der Waals surface area contributed by atoms with E-state index in [1.54, 1.807) is 0 Å². The van der Waals surface area contributed by atoms with Crippen molar-refractivity contribution in [2.75, 3.05) is 20.1 Å². The summed E-state index contributed by atoms with van der Waals surface area (Å²) in [5.74, 6) is 0.731. The molecule has 86 valence electrons. The van der Waals surface area contributed by atoms with Crippen molar-refractivity contribution in [3.8, 4) is 0 Å². The number of nitrogens with one attached hydrogen (secondary N) is 1. The second kappa shape index (κ2) is 5.72. The first-order valence-corrected chi connectivity index (χ1v) is 5.69. The number of likely N-dealkylation sites (N-methyl/N-ethyl adjacent to an activating group) is 1. The molecule has 0 aromatic rings. The average molecular weight is 200 g/mol. The van der Waals surface area contributed by atoms with Crippen LogP contribution >= 0.6 is 0 Å². The summed E-state index contributed by atoms with van der Waals surface area (Å²) >= 11 is 0. The van der Waals surface area contributed by atoms with Gasteiger partial charge >= 0.3 is 0 Å². The first-order valence-electron chi connectivity index (χ1n) is 5.69. The number of nitrogens with zero attached hydrogens (tertiary/aromatic N) is 1. The Hall–Kier alpha value is -0.0800. The highest BCUT2D eigenvalue weighted by molar-refractivity contribution is 4.73. The van der Waals surface area contributed by atoms with Gasteiger partial charge in [0.05, 0.1) is 0 Å². The van der Waals surface area contributed by atoms with Crippen LogP contribution in [0.25, 0.3) is 0 Å². The highest BCUT2D eigenvalue weighted by Crippen LogP contribution is 2.07. The lowest BCUT2D eigenvalue weighted by molar-refractivity contribution is 0.203. The van der Waals surface area contributed by atoms with Crippen molar-refractivity contribution in [3.63, 3.8) is 0 Å². The summed E-state index contributed by atoms with van der Waals surface area (Å²) in [5, 5.41) is 3.50. The highest BCUT2D eigenvalue weighted by atomic mass is 15.1. The van der Waals surface area contributed by atoms with Crippen LogP contribution in [-0.2, 0) is 0 Å². The Morgan fingerprint density at radius 2 is 1.64 bits per heavy atom. The fourth-order valence-electron chi connectivity index (χ4n) is 1.32. The molecule has 0 spiro atoms. The number of rotatable bonds is 5.